The van der Waals surface area contributed by atoms with Crippen molar-refractivity contribution in [3.05, 3.63) is 56.5 Å². The molecule has 29 heavy (non-hydrogen) atoms. The molecule has 0 saturated carbocycles. The van der Waals surface area contributed by atoms with Crippen LogP contribution < -0.4 is 14.4 Å². The van der Waals surface area contributed by atoms with Crippen molar-refractivity contribution in [3.8, 4) is 5.75 Å². The molecule has 0 spiro atoms. The van der Waals surface area contributed by atoms with Gasteiger partial charge in [-0.05, 0) is 37.6 Å². The monoisotopic (exact) mass is 478 g/mol. The highest BCUT2D eigenvalue weighted by atomic mass is 35.5. The fourth-order valence-electron chi connectivity index (χ4n) is 2.58. The van der Waals surface area contributed by atoms with E-state index in [-0.39, 0.29) is 33.9 Å². The van der Waals surface area contributed by atoms with Crippen LogP contribution in [0.15, 0.2) is 30.3 Å². The molecule has 0 aliphatic rings. The molecule has 0 saturated heterocycles. The number of benzene rings is 2. The van der Waals surface area contributed by atoms with Crippen molar-refractivity contribution in [2.45, 2.75) is 13.8 Å². The number of carbonyl (C=O) groups is 1. The first-order valence-corrected chi connectivity index (χ1v) is 11.6. The predicted molar refractivity (Wildman–Crippen MR) is 118 cm³/mol. The quantitative estimate of drug-likeness (QED) is 0.454. The smallest absolute Gasteiger partial charge is 0.240 e. The Morgan fingerprint density at radius 1 is 1.07 bits per heavy atom. The van der Waals surface area contributed by atoms with Gasteiger partial charge in [0.25, 0.3) is 0 Å². The number of aryl methyl sites for hydroxylation is 2. The Balaban J connectivity index is 2.00. The summed E-state index contributed by atoms with van der Waals surface area (Å²) in [5.41, 5.74) is 2.20. The van der Waals surface area contributed by atoms with Gasteiger partial charge < -0.3 is 10.1 Å². The van der Waals surface area contributed by atoms with Crippen LogP contribution in [0.3, 0.4) is 0 Å². The lowest BCUT2D eigenvalue weighted by Crippen LogP contribution is -2.41. The molecule has 10 heteroatoms. The van der Waals surface area contributed by atoms with Gasteiger partial charge in [0.15, 0.2) is 0 Å². The summed E-state index contributed by atoms with van der Waals surface area (Å²) in [4.78, 5) is 12.3. The van der Waals surface area contributed by atoms with E-state index in [1.807, 2.05) is 32.0 Å². The van der Waals surface area contributed by atoms with Crippen molar-refractivity contribution in [2.24, 2.45) is 0 Å². The lowest BCUT2D eigenvalue weighted by molar-refractivity contribution is -0.119. The molecule has 0 aromatic heterocycles. The Morgan fingerprint density at radius 2 is 1.72 bits per heavy atom. The molecule has 0 atom stereocenters. The number of anilines is 1. The molecule has 6 nitrogen and oxygen atoms in total. The summed E-state index contributed by atoms with van der Waals surface area (Å²) in [7, 11) is -3.79. The fourth-order valence-corrected chi connectivity index (χ4v) is 4.14. The second-order valence-corrected chi connectivity index (χ2v) is 9.58. The van der Waals surface area contributed by atoms with E-state index in [1.54, 1.807) is 0 Å². The molecular formula is C19H21Cl3N2O4S. The third-order valence-corrected chi connectivity index (χ3v) is 6.11. The number of sulfonamides is 1. The molecule has 0 aliphatic carbocycles. The van der Waals surface area contributed by atoms with Crippen molar-refractivity contribution in [2.75, 3.05) is 30.3 Å². The Kier molecular flexibility index (Phi) is 8.05. The highest BCUT2D eigenvalue weighted by Gasteiger charge is 2.24. The Bertz CT molecular complexity index is 1010. The maximum absolute atomic E-state index is 12.3. The van der Waals surface area contributed by atoms with Crippen molar-refractivity contribution in [3.63, 3.8) is 0 Å². The van der Waals surface area contributed by atoms with E-state index in [9.17, 15) is 13.2 Å². The molecule has 0 unspecified atom stereocenters. The minimum absolute atomic E-state index is 0.0656. The van der Waals surface area contributed by atoms with Crippen LogP contribution in [0.2, 0.25) is 15.1 Å². The van der Waals surface area contributed by atoms with Crippen molar-refractivity contribution < 1.29 is 17.9 Å². The van der Waals surface area contributed by atoms with E-state index in [1.165, 1.54) is 12.1 Å². The Labute approximate surface area is 185 Å². The summed E-state index contributed by atoms with van der Waals surface area (Å²) in [5, 5.41) is 3.00. The number of nitrogens with zero attached hydrogens (tertiary/aromatic N) is 1. The summed E-state index contributed by atoms with van der Waals surface area (Å²) in [5.74, 6) is 0.215. The maximum atomic E-state index is 12.3. The zero-order valence-electron chi connectivity index (χ0n) is 16.1. The van der Waals surface area contributed by atoms with Crippen LogP contribution in [0.1, 0.15) is 11.1 Å². The van der Waals surface area contributed by atoms with Gasteiger partial charge in [0.05, 0.1) is 33.6 Å². The lowest BCUT2D eigenvalue weighted by Gasteiger charge is -2.23. The zero-order valence-corrected chi connectivity index (χ0v) is 19.2. The highest BCUT2D eigenvalue weighted by molar-refractivity contribution is 7.92. The summed E-state index contributed by atoms with van der Waals surface area (Å²) < 4.78 is 30.9. The maximum Gasteiger partial charge on any atom is 0.240 e. The zero-order chi connectivity index (χ0) is 21.8. The van der Waals surface area contributed by atoms with Crippen LogP contribution in [0.5, 0.6) is 5.75 Å². The lowest BCUT2D eigenvalue weighted by atomic mass is 10.1. The number of nitrogens with one attached hydrogen (secondary N) is 1. The predicted octanol–water partition coefficient (Wildman–Crippen LogP) is 4.22. The molecular weight excluding hydrogens is 459 g/mol. The van der Waals surface area contributed by atoms with E-state index >= 15 is 0 Å². The molecule has 0 aliphatic heterocycles. The summed E-state index contributed by atoms with van der Waals surface area (Å²) >= 11 is 18.0. The van der Waals surface area contributed by atoms with Gasteiger partial charge in [0, 0.05) is 0 Å². The molecule has 0 bridgehead atoms. The van der Waals surface area contributed by atoms with Crippen LogP contribution in [-0.4, -0.2) is 40.3 Å². The Morgan fingerprint density at radius 3 is 2.34 bits per heavy atom. The van der Waals surface area contributed by atoms with E-state index in [0.717, 1.165) is 27.4 Å². The van der Waals surface area contributed by atoms with Crippen molar-refractivity contribution >= 4 is 56.4 Å². The topological polar surface area (TPSA) is 75.7 Å². The Hall–Kier alpha value is -1.67. The van der Waals surface area contributed by atoms with E-state index in [4.69, 9.17) is 39.5 Å². The van der Waals surface area contributed by atoms with E-state index in [0.29, 0.717) is 0 Å². The summed E-state index contributed by atoms with van der Waals surface area (Å²) in [6, 6.07) is 8.44. The number of halogens is 3. The van der Waals surface area contributed by atoms with Crippen LogP contribution >= 0.6 is 34.8 Å². The third kappa shape index (κ3) is 6.67. The molecule has 2 aromatic carbocycles. The molecule has 0 radical (unpaired) electrons. The first-order valence-electron chi connectivity index (χ1n) is 8.58. The number of amides is 1. The van der Waals surface area contributed by atoms with Gasteiger partial charge in [-0.2, -0.15) is 0 Å². The molecule has 158 valence electrons. The fraction of sp³-hybridized carbons (Fsp3) is 0.316. The average Bonchev–Trinajstić information content (AvgIpc) is 2.60. The van der Waals surface area contributed by atoms with Crippen molar-refractivity contribution in [1.29, 1.82) is 0 Å². The number of ether oxygens (including phenoxy) is 1. The van der Waals surface area contributed by atoms with Gasteiger partial charge in [-0.3, -0.25) is 9.10 Å². The molecule has 0 heterocycles. The van der Waals surface area contributed by atoms with E-state index in [2.05, 4.69) is 5.32 Å². The molecule has 1 amide bonds. The highest BCUT2D eigenvalue weighted by Crippen LogP contribution is 2.35. The molecule has 2 aromatic rings. The first-order chi connectivity index (χ1) is 13.5. The van der Waals surface area contributed by atoms with Gasteiger partial charge in [0.2, 0.25) is 15.9 Å². The largest absolute Gasteiger partial charge is 0.491 e. The van der Waals surface area contributed by atoms with Crippen LogP contribution in [-0.2, 0) is 14.8 Å². The molecule has 2 rings (SSSR count). The normalized spacial score (nSPS) is 11.2. The number of hydrogen-bond acceptors (Lipinski definition) is 4. The standard InChI is InChI=1S/C19H21Cl3N2O4S/c1-12-4-5-18(13(2)8-12)28-7-6-23-19(25)11-24(29(3,26)27)17-10-15(21)14(20)9-16(17)22/h4-5,8-10H,6-7,11H2,1-3H3,(H,23,25). The second-order valence-electron chi connectivity index (χ2n) is 6.45. The summed E-state index contributed by atoms with van der Waals surface area (Å²) in [6.45, 7) is 3.91. The van der Waals surface area contributed by atoms with Gasteiger partial charge >= 0.3 is 0 Å². The third-order valence-electron chi connectivity index (χ3n) is 3.96. The molecule has 1 N–H and O–H groups in total. The van der Waals surface area contributed by atoms with Crippen molar-refractivity contribution in [1.82, 2.24) is 5.32 Å². The first kappa shape index (κ1) is 23.6. The number of hydrogen-bond donors (Lipinski definition) is 1. The average molecular weight is 480 g/mol. The van der Waals surface area contributed by atoms with Crippen LogP contribution in [0.4, 0.5) is 5.69 Å². The van der Waals surface area contributed by atoms with Crippen LogP contribution in [0.25, 0.3) is 0 Å². The second kappa shape index (κ2) is 9.89. The van der Waals surface area contributed by atoms with E-state index < -0.39 is 22.5 Å². The number of carbonyl (C=O) groups excluding carboxylic acids is 1. The SMILES string of the molecule is Cc1ccc(OCCNC(=O)CN(c2cc(Cl)c(Cl)cc2Cl)S(C)(=O)=O)c(C)c1. The van der Waals surface area contributed by atoms with Gasteiger partial charge in [-0.25, -0.2) is 8.42 Å². The van der Waals surface area contributed by atoms with Gasteiger partial charge in [0.1, 0.15) is 18.9 Å². The summed E-state index contributed by atoms with van der Waals surface area (Å²) in [6.07, 6.45) is 0.975. The minimum Gasteiger partial charge on any atom is -0.491 e. The molecule has 0 fully saturated rings. The van der Waals surface area contributed by atoms with Gasteiger partial charge in [-0.15, -0.1) is 0 Å². The van der Waals surface area contributed by atoms with Gasteiger partial charge in [-0.1, -0.05) is 52.5 Å². The number of rotatable bonds is 8. The minimum atomic E-state index is -3.79. The van der Waals surface area contributed by atoms with Crippen LogP contribution in [0, 0.1) is 13.8 Å².